The fraction of sp³-hybridized carbons (Fsp3) is 0.0833. The Morgan fingerprint density at radius 2 is 1.43 bits per heavy atom. The van der Waals surface area contributed by atoms with Crippen LogP contribution in [0.15, 0.2) is 122 Å². The highest BCUT2D eigenvalue weighted by Gasteiger charge is 2.36. The number of aromatic nitrogens is 4. The van der Waals surface area contributed by atoms with Crippen LogP contribution in [0.5, 0.6) is 0 Å². The molecule has 4 aromatic carbocycles. The van der Waals surface area contributed by atoms with Gasteiger partial charge in [-0.05, 0) is 53.6 Å². The first-order chi connectivity index (χ1) is 19.6. The molecule has 3 heterocycles. The van der Waals surface area contributed by atoms with Crippen molar-refractivity contribution in [2.24, 2.45) is 0 Å². The van der Waals surface area contributed by atoms with Gasteiger partial charge in [-0.1, -0.05) is 80.6 Å². The minimum atomic E-state index is -0.0661. The van der Waals surface area contributed by atoms with Crippen LogP contribution in [0.3, 0.4) is 0 Å². The Kier molecular flexibility index (Phi) is 4.83. The van der Waals surface area contributed by atoms with E-state index in [9.17, 15) is 0 Å². The van der Waals surface area contributed by atoms with Crippen LogP contribution in [0.4, 0.5) is 0 Å². The Labute approximate surface area is 232 Å². The maximum atomic E-state index is 4.91. The van der Waals surface area contributed by atoms with Crippen molar-refractivity contribution >= 4 is 21.8 Å². The van der Waals surface area contributed by atoms with Gasteiger partial charge in [-0.15, -0.1) is 0 Å². The molecule has 4 nitrogen and oxygen atoms in total. The minimum Gasteiger partial charge on any atom is -0.309 e. The smallest absolute Gasteiger partial charge is 0.159 e. The van der Waals surface area contributed by atoms with Gasteiger partial charge in [0, 0.05) is 51.0 Å². The summed E-state index contributed by atoms with van der Waals surface area (Å²) in [5, 5.41) is 2.42. The van der Waals surface area contributed by atoms with E-state index in [2.05, 4.69) is 90.1 Å². The molecule has 0 unspecified atom stereocenters. The number of fused-ring (bicyclic) bond motifs is 6. The van der Waals surface area contributed by atoms with Gasteiger partial charge in [-0.3, -0.25) is 4.98 Å². The molecular formula is C36H26N4. The summed E-state index contributed by atoms with van der Waals surface area (Å²) < 4.78 is 2.37. The lowest BCUT2D eigenvalue weighted by molar-refractivity contribution is 0.659. The fourth-order valence-corrected chi connectivity index (χ4v) is 6.34. The predicted octanol–water partition coefficient (Wildman–Crippen LogP) is 8.61. The number of hydrogen-bond acceptors (Lipinski definition) is 3. The van der Waals surface area contributed by atoms with E-state index in [1.54, 1.807) is 0 Å². The highest BCUT2D eigenvalue weighted by molar-refractivity contribution is 6.10. The van der Waals surface area contributed by atoms with Gasteiger partial charge in [0.05, 0.1) is 22.4 Å². The van der Waals surface area contributed by atoms with Crippen LogP contribution in [0.25, 0.3) is 61.4 Å². The van der Waals surface area contributed by atoms with E-state index in [-0.39, 0.29) is 5.41 Å². The molecule has 0 saturated heterocycles. The Balaban J connectivity index is 1.31. The first kappa shape index (κ1) is 22.9. The molecule has 1 aliphatic carbocycles. The molecule has 3 aromatic heterocycles. The third kappa shape index (κ3) is 3.29. The third-order valence-corrected chi connectivity index (χ3v) is 8.33. The Hall–Kier alpha value is -5.09. The van der Waals surface area contributed by atoms with Gasteiger partial charge < -0.3 is 4.57 Å². The number of pyridine rings is 1. The lowest BCUT2D eigenvalue weighted by Gasteiger charge is -2.21. The highest BCUT2D eigenvalue weighted by Crippen LogP contribution is 2.48. The molecule has 0 aliphatic heterocycles. The second kappa shape index (κ2) is 8.45. The van der Waals surface area contributed by atoms with Crippen molar-refractivity contribution in [2.45, 2.75) is 19.3 Å². The zero-order valence-corrected chi connectivity index (χ0v) is 22.3. The van der Waals surface area contributed by atoms with Crippen molar-refractivity contribution in [2.75, 3.05) is 0 Å². The van der Waals surface area contributed by atoms with Crippen molar-refractivity contribution in [1.82, 2.24) is 19.5 Å². The monoisotopic (exact) mass is 514 g/mol. The van der Waals surface area contributed by atoms with Gasteiger partial charge in [-0.2, -0.15) is 0 Å². The average Bonchev–Trinajstić information content (AvgIpc) is 3.46. The zero-order chi connectivity index (χ0) is 26.8. The van der Waals surface area contributed by atoms with Crippen LogP contribution in [0, 0.1) is 0 Å². The van der Waals surface area contributed by atoms with Gasteiger partial charge >= 0.3 is 0 Å². The van der Waals surface area contributed by atoms with Gasteiger partial charge in [0.15, 0.2) is 5.82 Å². The zero-order valence-electron chi connectivity index (χ0n) is 22.3. The van der Waals surface area contributed by atoms with Gasteiger partial charge in [-0.25, -0.2) is 9.97 Å². The molecule has 0 amide bonds. The van der Waals surface area contributed by atoms with Crippen molar-refractivity contribution < 1.29 is 0 Å². The van der Waals surface area contributed by atoms with E-state index >= 15 is 0 Å². The van der Waals surface area contributed by atoms with E-state index < -0.39 is 0 Å². The van der Waals surface area contributed by atoms with Crippen LogP contribution in [-0.4, -0.2) is 19.5 Å². The predicted molar refractivity (Wildman–Crippen MR) is 163 cm³/mol. The lowest BCUT2D eigenvalue weighted by atomic mass is 9.83. The molecule has 4 heteroatoms. The summed E-state index contributed by atoms with van der Waals surface area (Å²) in [7, 11) is 0. The van der Waals surface area contributed by atoms with E-state index in [1.165, 1.54) is 38.5 Å². The molecule has 0 radical (unpaired) electrons. The molecule has 0 saturated carbocycles. The summed E-state index contributed by atoms with van der Waals surface area (Å²) in [6, 6.07) is 38.5. The Bertz CT molecular complexity index is 2090. The number of benzene rings is 4. The molecule has 0 fully saturated rings. The molecule has 8 rings (SSSR count). The van der Waals surface area contributed by atoms with E-state index in [0.717, 1.165) is 34.0 Å². The first-order valence-electron chi connectivity index (χ1n) is 13.6. The fourth-order valence-electron chi connectivity index (χ4n) is 6.34. The quantitative estimate of drug-likeness (QED) is 0.237. The second-order valence-corrected chi connectivity index (χ2v) is 11.0. The SMILES string of the molecule is CC1(C)c2ccc(-n3c4ccccc4c4cc(-c5ccnc(-c6ccccc6)n5)ccc43)cc2-c2ncccc21. The lowest BCUT2D eigenvalue weighted by Crippen LogP contribution is -2.15. The van der Waals surface area contributed by atoms with Gasteiger partial charge in [0.2, 0.25) is 0 Å². The normalized spacial score (nSPS) is 13.4. The molecule has 0 bridgehead atoms. The number of hydrogen-bond donors (Lipinski definition) is 0. The molecule has 0 atom stereocenters. The van der Waals surface area contributed by atoms with Crippen LogP contribution < -0.4 is 0 Å². The van der Waals surface area contributed by atoms with Crippen LogP contribution in [0.2, 0.25) is 0 Å². The summed E-state index contributed by atoms with van der Waals surface area (Å²) in [6.07, 6.45) is 3.74. The number of para-hydroxylation sites is 1. The topological polar surface area (TPSA) is 43.6 Å². The summed E-state index contributed by atoms with van der Waals surface area (Å²) >= 11 is 0. The summed E-state index contributed by atoms with van der Waals surface area (Å²) in [5.74, 6) is 0.732. The first-order valence-corrected chi connectivity index (χ1v) is 13.6. The molecule has 0 N–H and O–H groups in total. The molecule has 190 valence electrons. The number of rotatable bonds is 3. The number of nitrogens with zero attached hydrogens (tertiary/aromatic N) is 4. The standard InChI is InChI=1S/C36H26N4/c1-36(2)29-16-15-25(22-28(29)34-30(36)12-8-19-37-34)40-32-13-7-6-11-26(32)27-21-24(14-17-33(27)40)31-18-20-38-35(39-31)23-9-4-3-5-10-23/h3-22H,1-2H3. The van der Waals surface area contributed by atoms with E-state index in [0.29, 0.717) is 0 Å². The summed E-state index contributed by atoms with van der Waals surface area (Å²) in [4.78, 5) is 14.2. The second-order valence-electron chi connectivity index (χ2n) is 11.0. The third-order valence-electron chi connectivity index (χ3n) is 8.33. The Morgan fingerprint density at radius 1 is 0.600 bits per heavy atom. The summed E-state index contributed by atoms with van der Waals surface area (Å²) in [6.45, 7) is 4.58. The molecule has 7 aromatic rings. The maximum Gasteiger partial charge on any atom is 0.159 e. The van der Waals surface area contributed by atoms with Gasteiger partial charge in [0.1, 0.15) is 0 Å². The van der Waals surface area contributed by atoms with Crippen LogP contribution in [0.1, 0.15) is 25.0 Å². The van der Waals surface area contributed by atoms with Gasteiger partial charge in [0.25, 0.3) is 0 Å². The van der Waals surface area contributed by atoms with Crippen molar-refractivity contribution in [3.05, 3.63) is 133 Å². The molecule has 40 heavy (non-hydrogen) atoms. The van der Waals surface area contributed by atoms with E-state index in [4.69, 9.17) is 9.97 Å². The van der Waals surface area contributed by atoms with Crippen molar-refractivity contribution in [3.63, 3.8) is 0 Å². The van der Waals surface area contributed by atoms with Crippen LogP contribution in [-0.2, 0) is 5.41 Å². The molecule has 1 aliphatic rings. The molecule has 0 spiro atoms. The Morgan fingerprint density at radius 3 is 2.33 bits per heavy atom. The largest absolute Gasteiger partial charge is 0.309 e. The summed E-state index contributed by atoms with van der Waals surface area (Å²) in [5.41, 5.74) is 11.3. The van der Waals surface area contributed by atoms with Crippen LogP contribution >= 0.6 is 0 Å². The average molecular weight is 515 g/mol. The highest BCUT2D eigenvalue weighted by atomic mass is 15.0. The van der Waals surface area contributed by atoms with Crippen molar-refractivity contribution in [1.29, 1.82) is 0 Å². The minimum absolute atomic E-state index is 0.0661. The van der Waals surface area contributed by atoms with E-state index in [1.807, 2.05) is 54.9 Å². The maximum absolute atomic E-state index is 4.91. The molecular weight excluding hydrogens is 488 g/mol. The van der Waals surface area contributed by atoms with Crippen molar-refractivity contribution in [3.8, 4) is 39.6 Å².